The Kier molecular flexibility index (Phi) is 5.12. The number of alkyl halides is 3. The van der Waals surface area contributed by atoms with Crippen molar-refractivity contribution in [1.82, 2.24) is 10.6 Å². The lowest BCUT2D eigenvalue weighted by Gasteiger charge is -2.46. The van der Waals surface area contributed by atoms with Crippen LogP contribution < -0.4 is 10.6 Å². The number of halogens is 3. The Balaban J connectivity index is 2.12. The maximum atomic E-state index is 13.8. The molecule has 3 rings (SSSR count). The summed E-state index contributed by atoms with van der Waals surface area (Å²) in [6, 6.07) is 6.12. The number of rotatable bonds is 4. The van der Waals surface area contributed by atoms with E-state index in [0.29, 0.717) is 0 Å². The number of carbonyl (C=O) groups excluding carboxylic acids is 1. The molecule has 0 spiro atoms. The van der Waals surface area contributed by atoms with Gasteiger partial charge in [0, 0.05) is 12.1 Å². The molecule has 12 heteroatoms. The molecule has 1 aliphatic rings. The molecule has 1 aromatic carbocycles. The van der Waals surface area contributed by atoms with Crippen LogP contribution >= 0.6 is 23.6 Å². The summed E-state index contributed by atoms with van der Waals surface area (Å²) in [5.74, 6) is -2.97. The number of hydrogen-bond donors (Lipinski definition) is 3. The van der Waals surface area contributed by atoms with Crippen molar-refractivity contribution < 1.29 is 28.0 Å². The van der Waals surface area contributed by atoms with E-state index >= 15 is 0 Å². The van der Waals surface area contributed by atoms with Crippen molar-refractivity contribution in [3.8, 4) is 0 Å². The minimum absolute atomic E-state index is 0.0241. The quantitative estimate of drug-likeness (QED) is 0.296. The van der Waals surface area contributed by atoms with Crippen LogP contribution in [0.15, 0.2) is 41.8 Å². The van der Waals surface area contributed by atoms with Crippen LogP contribution in [0.3, 0.4) is 0 Å². The van der Waals surface area contributed by atoms with Gasteiger partial charge in [0.05, 0.1) is 15.8 Å². The summed E-state index contributed by atoms with van der Waals surface area (Å²) in [5.41, 5.74) is -3.76. The Hall–Kier alpha value is -2.57. The van der Waals surface area contributed by atoms with Crippen LogP contribution in [0.2, 0.25) is 0 Å². The third-order valence-electron chi connectivity index (χ3n) is 4.32. The van der Waals surface area contributed by atoms with Crippen molar-refractivity contribution in [1.29, 1.82) is 0 Å². The van der Waals surface area contributed by atoms with Gasteiger partial charge in [0.1, 0.15) is 5.92 Å². The number of thiocarbonyl (C=S) groups is 1. The van der Waals surface area contributed by atoms with Gasteiger partial charge in [-0.2, -0.15) is 13.2 Å². The summed E-state index contributed by atoms with van der Waals surface area (Å²) in [5, 5.41) is 26.7. The predicted molar refractivity (Wildman–Crippen MR) is 97.9 cm³/mol. The minimum atomic E-state index is -5.23. The highest BCUT2D eigenvalue weighted by molar-refractivity contribution is 7.80. The predicted octanol–water partition coefficient (Wildman–Crippen LogP) is 2.93. The first-order valence-corrected chi connectivity index (χ1v) is 9.03. The van der Waals surface area contributed by atoms with Crippen molar-refractivity contribution in [2.24, 2.45) is 5.92 Å². The number of carbonyl (C=O) groups is 1. The van der Waals surface area contributed by atoms with Gasteiger partial charge in [0.25, 0.3) is 5.69 Å². The summed E-state index contributed by atoms with van der Waals surface area (Å²) in [7, 11) is 0. The first-order valence-electron chi connectivity index (χ1n) is 7.74. The van der Waals surface area contributed by atoms with Crippen molar-refractivity contribution in [3.63, 3.8) is 0 Å². The molecular weight excluding hydrogens is 419 g/mol. The molecule has 0 radical (unpaired) electrons. The average molecular weight is 431 g/mol. The first kappa shape index (κ1) is 20.2. The zero-order valence-corrected chi connectivity index (χ0v) is 15.4. The number of hydrogen-bond acceptors (Lipinski definition) is 6. The molecule has 0 bridgehead atoms. The topological polar surface area (TPSA) is 104 Å². The second-order valence-corrected chi connectivity index (χ2v) is 7.36. The van der Waals surface area contributed by atoms with Gasteiger partial charge in [0.2, 0.25) is 5.72 Å². The number of aliphatic hydroxyl groups is 1. The number of Topliss-reactive ketones (excluding diaryl/α,β-unsaturated/α-hetero) is 1. The van der Waals surface area contributed by atoms with E-state index in [0.717, 1.165) is 23.5 Å². The van der Waals surface area contributed by atoms with Gasteiger partial charge >= 0.3 is 6.18 Å². The third-order valence-corrected chi connectivity index (χ3v) is 5.42. The molecule has 0 aliphatic carbocycles. The van der Waals surface area contributed by atoms with E-state index in [1.54, 1.807) is 5.32 Å². The summed E-state index contributed by atoms with van der Waals surface area (Å²) in [6.45, 7) is 0. The molecule has 0 amide bonds. The van der Waals surface area contributed by atoms with Crippen molar-refractivity contribution >= 4 is 40.1 Å². The number of benzene rings is 1. The van der Waals surface area contributed by atoms with E-state index in [1.807, 2.05) is 0 Å². The number of ketones is 1. The maximum Gasteiger partial charge on any atom is 0.437 e. The number of thiophene rings is 1. The molecule has 0 saturated carbocycles. The highest BCUT2D eigenvalue weighted by atomic mass is 32.1. The van der Waals surface area contributed by atoms with Crippen LogP contribution in [0.4, 0.5) is 18.9 Å². The largest absolute Gasteiger partial charge is 0.437 e. The lowest BCUT2D eigenvalue weighted by molar-refractivity contribution is -0.384. The second-order valence-electron chi connectivity index (χ2n) is 6.01. The SMILES string of the molecule is O=C(c1cccs1)[C@H]1[C@H](c2ccc([N+](=O)[O-])cc2)NC(=S)N[C@@]1(O)C(F)(F)F. The van der Waals surface area contributed by atoms with E-state index in [-0.39, 0.29) is 16.1 Å². The fourth-order valence-electron chi connectivity index (χ4n) is 2.99. The zero-order chi connectivity index (χ0) is 20.7. The van der Waals surface area contributed by atoms with Gasteiger partial charge in [-0.1, -0.05) is 18.2 Å². The summed E-state index contributed by atoms with van der Waals surface area (Å²) in [6.07, 6.45) is -5.23. The van der Waals surface area contributed by atoms with Crippen molar-refractivity contribution in [3.05, 3.63) is 62.3 Å². The number of nitrogens with one attached hydrogen (secondary N) is 2. The van der Waals surface area contributed by atoms with Gasteiger partial charge in [-0.15, -0.1) is 11.3 Å². The average Bonchev–Trinajstić information content (AvgIpc) is 3.14. The van der Waals surface area contributed by atoms with Crippen molar-refractivity contribution in [2.75, 3.05) is 0 Å². The second kappa shape index (κ2) is 7.11. The molecule has 1 fully saturated rings. The zero-order valence-electron chi connectivity index (χ0n) is 13.8. The fraction of sp³-hybridized carbons (Fsp3) is 0.250. The van der Waals surface area contributed by atoms with Gasteiger partial charge < -0.3 is 15.7 Å². The van der Waals surface area contributed by atoms with Gasteiger partial charge in [-0.25, -0.2) is 0 Å². The Bertz CT molecular complexity index is 918. The monoisotopic (exact) mass is 431 g/mol. The van der Waals surface area contributed by atoms with Crippen LogP contribution in [0.25, 0.3) is 0 Å². The first-order chi connectivity index (χ1) is 13.0. The van der Waals surface area contributed by atoms with E-state index in [4.69, 9.17) is 12.2 Å². The molecule has 7 nitrogen and oxygen atoms in total. The third kappa shape index (κ3) is 3.45. The molecule has 28 heavy (non-hydrogen) atoms. The maximum absolute atomic E-state index is 13.8. The lowest BCUT2D eigenvalue weighted by atomic mass is 9.78. The Morgan fingerprint density at radius 3 is 2.43 bits per heavy atom. The Morgan fingerprint density at radius 2 is 1.93 bits per heavy atom. The lowest BCUT2D eigenvalue weighted by Crippen LogP contribution is -2.72. The molecule has 1 saturated heterocycles. The highest BCUT2D eigenvalue weighted by Gasteiger charge is 2.65. The van der Waals surface area contributed by atoms with Crippen LogP contribution in [0, 0.1) is 16.0 Å². The molecule has 1 aliphatic heterocycles. The van der Waals surface area contributed by atoms with E-state index in [9.17, 15) is 33.2 Å². The molecule has 3 N–H and O–H groups in total. The Morgan fingerprint density at radius 1 is 1.29 bits per heavy atom. The summed E-state index contributed by atoms with van der Waals surface area (Å²) >= 11 is 5.74. The molecule has 2 aromatic rings. The molecule has 2 heterocycles. The Labute approximate surface area is 165 Å². The number of non-ortho nitro benzene ring substituents is 1. The molecule has 3 atom stereocenters. The van der Waals surface area contributed by atoms with Gasteiger partial charge in [-0.3, -0.25) is 14.9 Å². The van der Waals surface area contributed by atoms with Crippen LogP contribution in [-0.4, -0.2) is 32.8 Å². The summed E-state index contributed by atoms with van der Waals surface area (Å²) < 4.78 is 41.3. The number of nitrogens with zero attached hydrogens (tertiary/aromatic N) is 1. The van der Waals surface area contributed by atoms with Crippen LogP contribution in [0.5, 0.6) is 0 Å². The molecule has 148 valence electrons. The summed E-state index contributed by atoms with van der Waals surface area (Å²) in [4.78, 5) is 23.1. The van der Waals surface area contributed by atoms with Gasteiger partial charge in [0.15, 0.2) is 10.9 Å². The highest BCUT2D eigenvalue weighted by Crippen LogP contribution is 2.44. The van der Waals surface area contributed by atoms with Crippen LogP contribution in [-0.2, 0) is 0 Å². The normalized spacial score (nSPS) is 24.9. The van der Waals surface area contributed by atoms with Gasteiger partial charge in [-0.05, 0) is 29.2 Å². The number of nitro benzene ring substituents is 1. The van der Waals surface area contributed by atoms with E-state index < -0.39 is 39.7 Å². The molecular formula is C16H12F3N3O4S2. The minimum Gasteiger partial charge on any atom is -0.363 e. The van der Waals surface area contributed by atoms with E-state index in [1.165, 1.54) is 29.6 Å². The van der Waals surface area contributed by atoms with E-state index in [2.05, 4.69) is 5.32 Å². The standard InChI is InChI=1S/C16H12F3N3O4S2/c17-16(18,19)15(24)11(13(23)10-2-1-7-28-10)12(20-14(27)21-15)8-3-5-9(6-4-8)22(25)26/h1-7,11-12,24H,(H2,20,21,27)/t11-,12+,15+/m1/s1. The molecule has 1 aromatic heterocycles. The van der Waals surface area contributed by atoms with Crippen molar-refractivity contribution in [2.45, 2.75) is 17.9 Å². The molecule has 0 unspecified atom stereocenters. The smallest absolute Gasteiger partial charge is 0.363 e. The fourth-order valence-corrected chi connectivity index (χ4v) is 3.98. The number of nitro groups is 1. The van der Waals surface area contributed by atoms with Crippen LogP contribution in [0.1, 0.15) is 21.3 Å².